The minimum absolute atomic E-state index is 0.0429. The van der Waals surface area contributed by atoms with E-state index in [1.165, 1.54) is 7.11 Å². The van der Waals surface area contributed by atoms with Crippen LogP contribution in [-0.2, 0) is 9.53 Å². The number of methoxy groups -OCH3 is 1. The molecule has 5 nitrogen and oxygen atoms in total. The number of ketones is 1. The van der Waals surface area contributed by atoms with Crippen LogP contribution in [0.2, 0.25) is 0 Å². The zero-order chi connectivity index (χ0) is 15.4. The summed E-state index contributed by atoms with van der Waals surface area (Å²) in [4.78, 5) is 37.4. The van der Waals surface area contributed by atoms with E-state index >= 15 is 0 Å². The summed E-state index contributed by atoms with van der Waals surface area (Å²) in [5, 5.41) is 0. The Morgan fingerprint density at radius 3 is 2.33 bits per heavy atom. The highest BCUT2D eigenvalue weighted by Crippen LogP contribution is 2.19. The minimum Gasteiger partial charge on any atom is -0.465 e. The first-order chi connectivity index (χ1) is 10.1. The van der Waals surface area contributed by atoms with Crippen LogP contribution in [0.15, 0.2) is 24.3 Å². The van der Waals surface area contributed by atoms with E-state index in [1.807, 2.05) is 6.92 Å². The van der Waals surface area contributed by atoms with Gasteiger partial charge in [0.25, 0.3) is 0 Å². The Kier molecular flexibility index (Phi) is 4.73. The van der Waals surface area contributed by atoms with E-state index in [2.05, 4.69) is 4.74 Å². The number of hydrogen-bond donors (Lipinski definition) is 0. The summed E-state index contributed by atoms with van der Waals surface area (Å²) in [6.45, 7) is 2.54. The van der Waals surface area contributed by atoms with E-state index in [0.29, 0.717) is 30.5 Å². The zero-order valence-electron chi connectivity index (χ0n) is 12.3. The number of hydrogen-bond acceptors (Lipinski definition) is 4. The molecule has 1 aliphatic heterocycles. The normalized spacial score (nSPS) is 15.9. The van der Waals surface area contributed by atoms with Crippen molar-refractivity contribution >= 4 is 17.7 Å². The third kappa shape index (κ3) is 3.12. The van der Waals surface area contributed by atoms with Crippen molar-refractivity contribution in [3.63, 3.8) is 0 Å². The molecule has 112 valence electrons. The molecule has 0 bridgehead atoms. The number of rotatable bonds is 5. The van der Waals surface area contributed by atoms with Crippen molar-refractivity contribution in [2.45, 2.75) is 32.2 Å². The van der Waals surface area contributed by atoms with Gasteiger partial charge in [0, 0.05) is 18.5 Å². The Balaban J connectivity index is 2.17. The summed E-state index contributed by atoms with van der Waals surface area (Å²) in [6, 6.07) is 5.94. The van der Waals surface area contributed by atoms with Crippen LogP contribution < -0.4 is 0 Å². The van der Waals surface area contributed by atoms with Crippen molar-refractivity contribution in [3.05, 3.63) is 35.4 Å². The summed E-state index contributed by atoms with van der Waals surface area (Å²) in [6.07, 6.45) is 1.91. The molecule has 1 atom stereocenters. The highest BCUT2D eigenvalue weighted by Gasteiger charge is 2.31. The lowest BCUT2D eigenvalue weighted by molar-refractivity contribution is -0.129. The SMILES string of the molecule is CCC(C(=O)c1ccc(C(=O)OC)cc1)N1CCCC1=O. The Morgan fingerprint density at radius 2 is 1.86 bits per heavy atom. The maximum atomic E-state index is 12.5. The number of likely N-dealkylation sites (tertiary alicyclic amines) is 1. The van der Waals surface area contributed by atoms with Crippen molar-refractivity contribution < 1.29 is 19.1 Å². The summed E-state index contributed by atoms with van der Waals surface area (Å²) >= 11 is 0. The number of nitrogens with zero attached hydrogens (tertiary/aromatic N) is 1. The molecule has 1 aromatic rings. The molecule has 0 aliphatic carbocycles. The second-order valence-corrected chi connectivity index (χ2v) is 5.05. The van der Waals surface area contributed by atoms with Gasteiger partial charge >= 0.3 is 5.97 Å². The summed E-state index contributed by atoms with van der Waals surface area (Å²) < 4.78 is 4.62. The van der Waals surface area contributed by atoms with E-state index in [-0.39, 0.29) is 11.7 Å². The van der Waals surface area contributed by atoms with Gasteiger partial charge in [0.15, 0.2) is 5.78 Å². The molecule has 0 N–H and O–H groups in total. The van der Waals surface area contributed by atoms with Crippen LogP contribution in [0.25, 0.3) is 0 Å². The third-order valence-electron chi connectivity index (χ3n) is 3.77. The molecule has 1 fully saturated rings. The molecule has 5 heteroatoms. The van der Waals surface area contributed by atoms with Gasteiger partial charge in [0.2, 0.25) is 5.91 Å². The molecule has 1 unspecified atom stereocenters. The molecule has 0 spiro atoms. The highest BCUT2D eigenvalue weighted by molar-refractivity contribution is 6.02. The van der Waals surface area contributed by atoms with Crippen LogP contribution in [0.4, 0.5) is 0 Å². The maximum absolute atomic E-state index is 12.5. The first-order valence-corrected chi connectivity index (χ1v) is 7.10. The van der Waals surface area contributed by atoms with Gasteiger partial charge < -0.3 is 9.64 Å². The Morgan fingerprint density at radius 1 is 1.24 bits per heavy atom. The van der Waals surface area contributed by atoms with Crippen LogP contribution in [0.3, 0.4) is 0 Å². The molecular formula is C16H19NO4. The predicted molar refractivity (Wildman–Crippen MR) is 77.1 cm³/mol. The molecule has 21 heavy (non-hydrogen) atoms. The largest absolute Gasteiger partial charge is 0.465 e. The van der Waals surface area contributed by atoms with Gasteiger partial charge in [0.05, 0.1) is 18.7 Å². The number of carbonyl (C=O) groups is 3. The quantitative estimate of drug-likeness (QED) is 0.615. The predicted octanol–water partition coefficient (Wildman–Crippen LogP) is 2.06. The zero-order valence-corrected chi connectivity index (χ0v) is 12.3. The van der Waals surface area contributed by atoms with Gasteiger partial charge in [-0.05, 0) is 25.0 Å². The summed E-state index contributed by atoms with van der Waals surface area (Å²) in [5.41, 5.74) is 0.911. The minimum atomic E-state index is -0.434. The van der Waals surface area contributed by atoms with Gasteiger partial charge in [-0.25, -0.2) is 4.79 Å². The molecule has 1 aromatic carbocycles. The lowest BCUT2D eigenvalue weighted by Crippen LogP contribution is -2.41. The molecule has 1 saturated heterocycles. The number of ether oxygens (including phenoxy) is 1. The molecule has 1 aliphatic rings. The Bertz CT molecular complexity index is 550. The van der Waals surface area contributed by atoms with Crippen LogP contribution in [0.1, 0.15) is 46.9 Å². The molecule has 1 heterocycles. The molecule has 0 saturated carbocycles. The van der Waals surface area contributed by atoms with Crippen LogP contribution in [0.5, 0.6) is 0 Å². The number of esters is 1. The summed E-state index contributed by atoms with van der Waals surface area (Å²) in [7, 11) is 1.31. The third-order valence-corrected chi connectivity index (χ3v) is 3.77. The van der Waals surface area contributed by atoms with Crippen molar-refractivity contribution in [1.82, 2.24) is 4.90 Å². The van der Waals surface area contributed by atoms with Gasteiger partial charge in [-0.1, -0.05) is 19.1 Å². The van der Waals surface area contributed by atoms with E-state index in [9.17, 15) is 14.4 Å². The standard InChI is InChI=1S/C16H19NO4/c1-3-13(17-10-4-5-14(17)18)15(19)11-6-8-12(9-7-11)16(20)21-2/h6-9,13H,3-5,10H2,1-2H3. The summed E-state index contributed by atoms with van der Waals surface area (Å²) in [5.74, 6) is -0.471. The lowest BCUT2D eigenvalue weighted by atomic mass is 10.00. The van der Waals surface area contributed by atoms with Gasteiger partial charge in [-0.3, -0.25) is 9.59 Å². The van der Waals surface area contributed by atoms with Gasteiger partial charge in [-0.2, -0.15) is 0 Å². The number of benzene rings is 1. The van der Waals surface area contributed by atoms with E-state index in [0.717, 1.165) is 6.42 Å². The van der Waals surface area contributed by atoms with Crippen LogP contribution in [-0.4, -0.2) is 42.3 Å². The van der Waals surface area contributed by atoms with E-state index in [4.69, 9.17) is 0 Å². The average molecular weight is 289 g/mol. The molecule has 0 radical (unpaired) electrons. The van der Waals surface area contributed by atoms with Crippen molar-refractivity contribution in [2.75, 3.05) is 13.7 Å². The smallest absolute Gasteiger partial charge is 0.337 e. The average Bonchev–Trinajstić information content (AvgIpc) is 2.93. The molecule has 2 rings (SSSR count). The Hall–Kier alpha value is -2.17. The van der Waals surface area contributed by atoms with Crippen LogP contribution >= 0.6 is 0 Å². The number of Topliss-reactive ketones (excluding diaryl/α,β-unsaturated/α-hetero) is 1. The highest BCUT2D eigenvalue weighted by atomic mass is 16.5. The monoisotopic (exact) mass is 289 g/mol. The van der Waals surface area contributed by atoms with Crippen molar-refractivity contribution in [3.8, 4) is 0 Å². The molecule has 0 aromatic heterocycles. The fraction of sp³-hybridized carbons (Fsp3) is 0.438. The molecular weight excluding hydrogens is 270 g/mol. The fourth-order valence-corrected chi connectivity index (χ4v) is 2.63. The number of amides is 1. The van der Waals surface area contributed by atoms with Crippen molar-refractivity contribution in [2.24, 2.45) is 0 Å². The van der Waals surface area contributed by atoms with E-state index in [1.54, 1.807) is 29.2 Å². The van der Waals surface area contributed by atoms with Gasteiger partial charge in [0.1, 0.15) is 0 Å². The van der Waals surface area contributed by atoms with Crippen molar-refractivity contribution in [1.29, 1.82) is 0 Å². The second-order valence-electron chi connectivity index (χ2n) is 5.05. The second kappa shape index (κ2) is 6.52. The fourth-order valence-electron chi connectivity index (χ4n) is 2.63. The number of carbonyl (C=O) groups excluding carboxylic acids is 3. The van der Waals surface area contributed by atoms with Gasteiger partial charge in [-0.15, -0.1) is 0 Å². The molecule has 1 amide bonds. The topological polar surface area (TPSA) is 63.7 Å². The maximum Gasteiger partial charge on any atom is 0.337 e. The first-order valence-electron chi connectivity index (χ1n) is 7.10. The van der Waals surface area contributed by atoms with Crippen LogP contribution in [0, 0.1) is 0 Å². The first kappa shape index (κ1) is 15.2. The Labute approximate surface area is 123 Å². The van der Waals surface area contributed by atoms with E-state index < -0.39 is 12.0 Å². The lowest BCUT2D eigenvalue weighted by Gasteiger charge is -2.25.